The topological polar surface area (TPSA) is 178 Å². The maximum absolute atomic E-state index is 13.1. The Morgan fingerprint density at radius 1 is 0.388 bits per heavy atom. The van der Waals surface area contributed by atoms with Crippen LogP contribution < -0.4 is 0 Å². The quantitative estimate of drug-likeness (QED) is 0.0320. The van der Waals surface area contributed by atoms with E-state index in [9.17, 15) is 33.6 Å². The largest absolute Gasteiger partial charge is 0.466 e. The zero-order valence-corrected chi connectivity index (χ0v) is 42.7. The van der Waals surface area contributed by atoms with Gasteiger partial charge >= 0.3 is 35.8 Å². The molecule has 1 saturated heterocycles. The van der Waals surface area contributed by atoms with Crippen molar-refractivity contribution in [3.8, 4) is 0 Å². The van der Waals surface area contributed by atoms with Gasteiger partial charge in [-0.15, -0.1) is 0 Å². The maximum atomic E-state index is 13.1. The second kappa shape index (κ2) is 41.3. The van der Waals surface area contributed by atoms with Crippen LogP contribution in [0.15, 0.2) is 0 Å². The molecule has 67 heavy (non-hydrogen) atoms. The molecule has 14 nitrogen and oxygen atoms in total. The molecule has 4 unspecified atom stereocenters. The summed E-state index contributed by atoms with van der Waals surface area (Å²) in [6.45, 7) is 10.2. The summed E-state index contributed by atoms with van der Waals surface area (Å²) in [5.74, 6) is -4.39. The van der Waals surface area contributed by atoms with Crippen LogP contribution in [0.2, 0.25) is 0 Å². The summed E-state index contributed by atoms with van der Waals surface area (Å²) in [5, 5.41) is 0. The van der Waals surface area contributed by atoms with Crippen molar-refractivity contribution in [2.45, 2.75) is 246 Å². The van der Waals surface area contributed by atoms with Crippen LogP contribution in [-0.4, -0.2) is 98.3 Å². The summed E-state index contributed by atoms with van der Waals surface area (Å²) in [6, 6.07) is -0.887. The van der Waals surface area contributed by atoms with Gasteiger partial charge in [-0.1, -0.05) is 156 Å². The molecule has 0 bridgehead atoms. The van der Waals surface area contributed by atoms with Gasteiger partial charge in [0.1, 0.15) is 13.2 Å². The standard InChI is InChI=1S/C53H93NO13/c1-6-10-14-18-22-26-30-48(56)64-39-44(34-50(58)62-32-28-24-20-16-12-8-3)36-52(60)66-41-46-38-47(54(46)43(5)55)42-67-53(61)37-45(35-51(59)63-33-29-25-21-17-13-9-4)40-65-49(57)31-27-23-19-15-11-7-2/h44-47H,6-42H2,1-5H3. The molecule has 0 aliphatic carbocycles. The van der Waals surface area contributed by atoms with Crippen molar-refractivity contribution in [3.05, 3.63) is 0 Å². The molecule has 388 valence electrons. The highest BCUT2D eigenvalue weighted by Gasteiger charge is 2.42. The Hall–Kier alpha value is -3.71. The number of amides is 1. The average Bonchev–Trinajstić information content (AvgIpc) is 3.28. The number of likely N-dealkylation sites (tertiary alicyclic amines) is 1. The first-order chi connectivity index (χ1) is 32.4. The summed E-state index contributed by atoms with van der Waals surface area (Å²) in [7, 11) is 0. The van der Waals surface area contributed by atoms with Crippen LogP contribution in [-0.2, 0) is 62.0 Å². The lowest BCUT2D eigenvalue weighted by atomic mass is 9.93. The zero-order chi connectivity index (χ0) is 49.3. The molecular weight excluding hydrogens is 859 g/mol. The lowest BCUT2D eigenvalue weighted by Gasteiger charge is -2.47. The summed E-state index contributed by atoms with van der Waals surface area (Å²) >= 11 is 0. The van der Waals surface area contributed by atoms with Crippen LogP contribution >= 0.6 is 0 Å². The Morgan fingerprint density at radius 2 is 0.687 bits per heavy atom. The number of carbonyl (C=O) groups is 7. The second-order valence-corrected chi connectivity index (χ2v) is 18.8. The minimum Gasteiger partial charge on any atom is -0.466 e. The van der Waals surface area contributed by atoms with Crippen molar-refractivity contribution in [1.82, 2.24) is 4.90 Å². The van der Waals surface area contributed by atoms with E-state index in [1.54, 1.807) is 0 Å². The second-order valence-electron chi connectivity index (χ2n) is 18.8. The number of rotatable bonds is 44. The van der Waals surface area contributed by atoms with Crippen LogP contribution in [0.25, 0.3) is 0 Å². The van der Waals surface area contributed by atoms with E-state index in [0.29, 0.717) is 19.6 Å². The summed E-state index contributed by atoms with van der Waals surface area (Å²) in [6.07, 6.45) is 25.3. The van der Waals surface area contributed by atoms with Gasteiger partial charge in [0.2, 0.25) is 5.91 Å². The Labute approximate surface area is 404 Å². The highest BCUT2D eigenvalue weighted by molar-refractivity contribution is 5.76. The lowest BCUT2D eigenvalue weighted by molar-refractivity contribution is -0.165. The SMILES string of the molecule is CCCCCCCCOC(=O)CC(COC(=O)CCCCCCCC)CC(=O)OCC1CC(COC(=O)CC(COC(=O)CCCCCCCC)CC(=O)OCCCCCCCC)N1C(C)=O. The lowest BCUT2D eigenvalue weighted by Crippen LogP contribution is -2.61. The van der Waals surface area contributed by atoms with E-state index in [1.807, 2.05) is 0 Å². The van der Waals surface area contributed by atoms with Crippen molar-refractivity contribution >= 4 is 41.7 Å². The molecule has 0 aromatic heterocycles. The van der Waals surface area contributed by atoms with Crippen molar-refractivity contribution in [3.63, 3.8) is 0 Å². The number of carbonyl (C=O) groups excluding carboxylic acids is 7. The van der Waals surface area contributed by atoms with Crippen LogP contribution in [0.5, 0.6) is 0 Å². The zero-order valence-electron chi connectivity index (χ0n) is 42.7. The van der Waals surface area contributed by atoms with Crippen LogP contribution in [0.3, 0.4) is 0 Å². The van der Waals surface area contributed by atoms with Gasteiger partial charge in [-0.3, -0.25) is 33.6 Å². The highest BCUT2D eigenvalue weighted by atomic mass is 16.6. The molecular formula is C53H93NO13. The molecule has 1 rings (SSSR count). The monoisotopic (exact) mass is 952 g/mol. The number of hydrogen-bond acceptors (Lipinski definition) is 13. The molecule has 1 fully saturated rings. The molecule has 0 radical (unpaired) electrons. The van der Waals surface area contributed by atoms with Crippen molar-refractivity contribution in [2.24, 2.45) is 11.8 Å². The predicted molar refractivity (Wildman–Crippen MR) is 259 cm³/mol. The van der Waals surface area contributed by atoms with Crippen LogP contribution in [0.4, 0.5) is 0 Å². The third-order valence-corrected chi connectivity index (χ3v) is 12.3. The van der Waals surface area contributed by atoms with E-state index in [4.69, 9.17) is 28.4 Å². The van der Waals surface area contributed by atoms with E-state index in [2.05, 4.69) is 27.7 Å². The fourth-order valence-electron chi connectivity index (χ4n) is 8.25. The maximum Gasteiger partial charge on any atom is 0.306 e. The highest BCUT2D eigenvalue weighted by Crippen LogP contribution is 2.28. The molecule has 4 atom stereocenters. The van der Waals surface area contributed by atoms with Gasteiger partial charge in [-0.25, -0.2) is 0 Å². The van der Waals surface area contributed by atoms with E-state index >= 15 is 0 Å². The molecule has 14 heteroatoms. The van der Waals surface area contributed by atoms with E-state index < -0.39 is 47.8 Å². The van der Waals surface area contributed by atoms with Gasteiger partial charge in [0.25, 0.3) is 0 Å². The fraction of sp³-hybridized carbons (Fsp3) is 0.868. The fourth-order valence-corrected chi connectivity index (χ4v) is 8.25. The van der Waals surface area contributed by atoms with E-state index in [0.717, 1.165) is 128 Å². The van der Waals surface area contributed by atoms with E-state index in [-0.39, 0.29) is 82.8 Å². The first-order valence-corrected chi connectivity index (χ1v) is 26.7. The summed E-state index contributed by atoms with van der Waals surface area (Å²) in [4.78, 5) is 91.1. The van der Waals surface area contributed by atoms with Crippen molar-refractivity contribution < 1.29 is 62.0 Å². The minimum absolute atomic E-state index is 0.0943. The molecule has 1 amide bonds. The number of unbranched alkanes of at least 4 members (excludes halogenated alkanes) is 20. The van der Waals surface area contributed by atoms with Gasteiger partial charge in [-0.05, 0) is 32.1 Å². The third kappa shape index (κ3) is 33.4. The number of ether oxygens (including phenoxy) is 6. The molecule has 0 spiro atoms. The molecule has 0 aromatic rings. The molecule has 1 aliphatic heterocycles. The first-order valence-electron chi connectivity index (χ1n) is 26.7. The van der Waals surface area contributed by atoms with Crippen LogP contribution in [0.1, 0.15) is 234 Å². The molecule has 0 N–H and O–H groups in total. The smallest absolute Gasteiger partial charge is 0.306 e. The van der Waals surface area contributed by atoms with Crippen molar-refractivity contribution in [1.29, 1.82) is 0 Å². The van der Waals surface area contributed by atoms with Gasteiger partial charge < -0.3 is 33.3 Å². The first kappa shape index (κ1) is 61.3. The molecule has 0 aromatic carbocycles. The Balaban J connectivity index is 2.73. The summed E-state index contributed by atoms with van der Waals surface area (Å²) < 4.78 is 33.1. The molecule has 0 saturated carbocycles. The summed E-state index contributed by atoms with van der Waals surface area (Å²) in [5.41, 5.74) is 0. The predicted octanol–water partition coefficient (Wildman–Crippen LogP) is 11.2. The number of nitrogens with zero attached hydrogens (tertiary/aromatic N) is 1. The van der Waals surface area contributed by atoms with Crippen molar-refractivity contribution in [2.75, 3.05) is 39.6 Å². The van der Waals surface area contributed by atoms with Gasteiger partial charge in [0.05, 0.1) is 64.2 Å². The van der Waals surface area contributed by atoms with Crippen LogP contribution in [0, 0.1) is 11.8 Å². The Morgan fingerprint density at radius 3 is 1.01 bits per heavy atom. The van der Waals surface area contributed by atoms with E-state index in [1.165, 1.54) is 37.5 Å². The number of esters is 6. The van der Waals surface area contributed by atoms with Gasteiger partial charge in [-0.2, -0.15) is 0 Å². The normalized spacial score (nSPS) is 15.2. The Bertz CT molecular complexity index is 1260. The van der Waals surface area contributed by atoms with Gasteiger partial charge in [0.15, 0.2) is 0 Å². The third-order valence-electron chi connectivity index (χ3n) is 12.3. The minimum atomic E-state index is -0.634. The Kier molecular flexibility index (Phi) is 37.8. The number of hydrogen-bond donors (Lipinski definition) is 0. The molecule has 1 aliphatic rings. The van der Waals surface area contributed by atoms with Gasteiger partial charge in [0, 0.05) is 31.6 Å². The average molecular weight is 952 g/mol. The molecule has 1 heterocycles.